The number of thiazole rings is 2. The van der Waals surface area contributed by atoms with Gasteiger partial charge < -0.3 is 30.7 Å². The third kappa shape index (κ3) is 11.4. The lowest BCUT2D eigenvalue weighted by Gasteiger charge is -2.31. The van der Waals surface area contributed by atoms with Crippen LogP contribution in [-0.2, 0) is 35.5 Å². The Balaban J connectivity index is 1.26. The Kier molecular flexibility index (Phi) is 13.3. The largest absolute Gasteiger partial charge is 0.444 e. The highest BCUT2D eigenvalue weighted by Gasteiger charge is 2.32. The highest BCUT2D eigenvalue weighted by atomic mass is 32.1. The Bertz CT molecular complexity index is 1650. The van der Waals surface area contributed by atoms with E-state index in [-0.39, 0.29) is 25.0 Å². The molecular weight excluding hydrogens is 673 g/mol. The van der Waals surface area contributed by atoms with Crippen LogP contribution in [0.15, 0.2) is 77.8 Å². The number of carbonyl (C=O) groups excluding carboxylic acids is 3. The number of carbonyl (C=O) groups is 3. The van der Waals surface area contributed by atoms with Crippen LogP contribution in [0.5, 0.6) is 0 Å². The first-order chi connectivity index (χ1) is 24.1. The molecule has 0 saturated heterocycles. The first kappa shape index (κ1) is 36.9. The predicted molar refractivity (Wildman–Crippen MR) is 195 cm³/mol. The molecule has 0 radical (unpaired) electrons. The number of nitrogens with zero attached hydrogens (tertiary/aromatic N) is 3. The van der Waals surface area contributed by atoms with Crippen molar-refractivity contribution >= 4 is 40.7 Å². The third-order valence-corrected chi connectivity index (χ3v) is 10.4. The highest BCUT2D eigenvalue weighted by Crippen LogP contribution is 2.41. The zero-order valence-electron chi connectivity index (χ0n) is 28.7. The van der Waals surface area contributed by atoms with Gasteiger partial charge in [0.15, 0.2) is 0 Å². The molecule has 50 heavy (non-hydrogen) atoms. The number of ether oxygens (including phenoxy) is 1. The van der Waals surface area contributed by atoms with Gasteiger partial charge in [-0.1, -0.05) is 74.5 Å². The lowest BCUT2D eigenvalue weighted by atomic mass is 9.93. The van der Waals surface area contributed by atoms with E-state index in [1.54, 1.807) is 30.1 Å². The topological polar surface area (TPSA) is 146 Å². The number of amides is 4. The quantitative estimate of drug-likeness (QED) is 0.110. The zero-order valence-corrected chi connectivity index (χ0v) is 30.3. The van der Waals surface area contributed by atoms with Gasteiger partial charge in [0, 0.05) is 30.6 Å². The molecule has 1 unspecified atom stereocenters. The molecule has 13 heteroatoms. The number of nitrogens with one attached hydrogen (secondary N) is 3. The lowest BCUT2D eigenvalue weighted by molar-refractivity contribution is -0.125. The van der Waals surface area contributed by atoms with Crippen molar-refractivity contribution in [3.8, 4) is 0 Å². The highest BCUT2D eigenvalue weighted by molar-refractivity contribution is 7.10. The van der Waals surface area contributed by atoms with Gasteiger partial charge in [0.1, 0.15) is 12.6 Å². The molecule has 4 aromatic rings. The van der Waals surface area contributed by atoms with Gasteiger partial charge >= 0.3 is 12.1 Å². The summed E-state index contributed by atoms with van der Waals surface area (Å²) in [6.07, 6.45) is 3.25. The van der Waals surface area contributed by atoms with Crippen molar-refractivity contribution in [2.45, 2.75) is 89.3 Å². The van der Waals surface area contributed by atoms with Gasteiger partial charge in [-0.15, -0.1) is 22.7 Å². The molecule has 5 rings (SSSR count). The normalized spacial score (nSPS) is 15.1. The van der Waals surface area contributed by atoms with Gasteiger partial charge in [-0.05, 0) is 49.1 Å². The van der Waals surface area contributed by atoms with E-state index < -0.39 is 36.2 Å². The molecule has 1 aliphatic rings. The minimum Gasteiger partial charge on any atom is -0.444 e. The van der Waals surface area contributed by atoms with Crippen molar-refractivity contribution in [1.82, 2.24) is 30.8 Å². The standard InChI is InChI=1S/C37H46N6O5S2/c1-24(2)33(42-36(46)43(3)20-29-22-49-35(39-29)27-14-15-27)34(45)41-31(17-26-12-8-5-9-13-26)32(44)18-28(16-25-10-6-4-7-11-25)40-37(47)48-21-30-19-38-23-50-30/h4-13,19,22-24,27-28,31-33,44H,14-18,20-21H2,1-3H3,(H,40,47)(H,41,45)(H,42,46)/t28-,31-,32-,33?/m0/s1. The van der Waals surface area contributed by atoms with Gasteiger partial charge in [0.25, 0.3) is 0 Å². The van der Waals surface area contributed by atoms with Gasteiger partial charge in [-0.3, -0.25) is 9.78 Å². The average Bonchev–Trinajstić information content (AvgIpc) is 3.61. The number of aromatic nitrogens is 2. The van der Waals surface area contributed by atoms with Crippen LogP contribution in [0.25, 0.3) is 0 Å². The van der Waals surface area contributed by atoms with Crippen LogP contribution < -0.4 is 16.0 Å². The zero-order chi connectivity index (χ0) is 35.5. The van der Waals surface area contributed by atoms with E-state index >= 15 is 0 Å². The maximum Gasteiger partial charge on any atom is 0.407 e. The summed E-state index contributed by atoms with van der Waals surface area (Å²) >= 11 is 3.02. The van der Waals surface area contributed by atoms with Crippen molar-refractivity contribution in [2.24, 2.45) is 5.92 Å². The van der Waals surface area contributed by atoms with Gasteiger partial charge in [-0.2, -0.15) is 0 Å². The number of aliphatic hydroxyl groups is 1. The molecule has 2 heterocycles. The van der Waals surface area contributed by atoms with Gasteiger partial charge in [-0.25, -0.2) is 14.6 Å². The summed E-state index contributed by atoms with van der Waals surface area (Å²) in [4.78, 5) is 51.1. The smallest absolute Gasteiger partial charge is 0.407 e. The van der Waals surface area contributed by atoms with E-state index in [0.29, 0.717) is 25.3 Å². The molecule has 0 spiro atoms. The van der Waals surface area contributed by atoms with Crippen LogP contribution in [0.1, 0.15) is 65.7 Å². The Morgan fingerprint density at radius 1 is 0.960 bits per heavy atom. The fourth-order valence-electron chi connectivity index (χ4n) is 5.64. The molecule has 2 aromatic heterocycles. The maximum atomic E-state index is 13.9. The number of rotatable bonds is 17. The molecule has 1 saturated carbocycles. The number of hydrogen-bond acceptors (Lipinski definition) is 9. The number of benzene rings is 2. The summed E-state index contributed by atoms with van der Waals surface area (Å²) in [7, 11) is 1.69. The van der Waals surface area contributed by atoms with E-state index in [1.165, 1.54) is 29.1 Å². The molecule has 1 aliphatic carbocycles. The lowest BCUT2D eigenvalue weighted by Crippen LogP contribution is -2.57. The van der Waals surface area contributed by atoms with Crippen LogP contribution >= 0.6 is 22.7 Å². The average molecular weight is 719 g/mol. The minimum atomic E-state index is -1.05. The van der Waals surface area contributed by atoms with Gasteiger partial charge in [0.2, 0.25) is 5.91 Å². The van der Waals surface area contributed by atoms with Crippen LogP contribution in [0.3, 0.4) is 0 Å². The van der Waals surface area contributed by atoms with Crippen LogP contribution in [0.4, 0.5) is 9.59 Å². The molecule has 4 amide bonds. The molecule has 1 fully saturated rings. The second kappa shape index (κ2) is 18.1. The van der Waals surface area contributed by atoms with Crippen molar-refractivity contribution in [3.63, 3.8) is 0 Å². The number of hydrogen-bond donors (Lipinski definition) is 4. The first-order valence-corrected chi connectivity index (χ1v) is 18.7. The van der Waals surface area contributed by atoms with E-state index in [0.717, 1.165) is 26.7 Å². The summed E-state index contributed by atoms with van der Waals surface area (Å²) < 4.78 is 5.44. The summed E-state index contributed by atoms with van der Waals surface area (Å²) in [6.45, 7) is 4.16. The summed E-state index contributed by atoms with van der Waals surface area (Å²) in [5.41, 5.74) is 4.40. The fraction of sp³-hybridized carbons (Fsp3) is 0.432. The number of urea groups is 1. The molecule has 2 aromatic carbocycles. The monoisotopic (exact) mass is 718 g/mol. The molecular formula is C37H46N6O5S2. The first-order valence-electron chi connectivity index (χ1n) is 17.0. The Morgan fingerprint density at radius 3 is 2.26 bits per heavy atom. The molecule has 266 valence electrons. The Labute approximate surface area is 301 Å². The van der Waals surface area contributed by atoms with Crippen LogP contribution in [-0.4, -0.2) is 69.3 Å². The molecule has 11 nitrogen and oxygen atoms in total. The summed E-state index contributed by atoms with van der Waals surface area (Å²) in [6, 6.07) is 16.8. The van der Waals surface area contributed by atoms with Crippen molar-refractivity contribution < 1.29 is 24.2 Å². The summed E-state index contributed by atoms with van der Waals surface area (Å²) in [5.74, 6) is -0.0835. The number of alkyl carbamates (subject to hydrolysis) is 1. The van der Waals surface area contributed by atoms with E-state index in [4.69, 9.17) is 4.74 Å². The summed E-state index contributed by atoms with van der Waals surface area (Å²) in [5, 5.41) is 23.7. The molecule has 4 atom stereocenters. The van der Waals surface area contributed by atoms with Gasteiger partial charge in [0.05, 0.1) is 39.8 Å². The van der Waals surface area contributed by atoms with Crippen molar-refractivity contribution in [3.05, 3.63) is 104 Å². The SMILES string of the molecule is CC(C)C(NC(=O)N(C)Cc1csc(C2CC2)n1)C(=O)N[C@@H](Cc1ccccc1)[C@@H](O)C[C@H](Cc1ccccc1)NC(=O)OCc1cncs1. The van der Waals surface area contributed by atoms with Crippen LogP contribution in [0, 0.1) is 5.92 Å². The predicted octanol–water partition coefficient (Wildman–Crippen LogP) is 5.66. The van der Waals surface area contributed by atoms with Crippen LogP contribution in [0.2, 0.25) is 0 Å². The second-order valence-corrected chi connectivity index (χ2v) is 15.0. The Hall–Kier alpha value is -4.33. The molecule has 4 N–H and O–H groups in total. The minimum absolute atomic E-state index is 0.0899. The Morgan fingerprint density at radius 2 is 1.64 bits per heavy atom. The fourth-order valence-corrected chi connectivity index (χ4v) is 7.12. The number of aliphatic hydroxyl groups excluding tert-OH is 1. The van der Waals surface area contributed by atoms with E-state index in [2.05, 4.69) is 25.9 Å². The van der Waals surface area contributed by atoms with Crippen molar-refractivity contribution in [2.75, 3.05) is 7.05 Å². The maximum absolute atomic E-state index is 13.9. The molecule has 0 aliphatic heterocycles. The molecule has 0 bridgehead atoms. The van der Waals surface area contributed by atoms with E-state index in [9.17, 15) is 19.5 Å². The van der Waals surface area contributed by atoms with Crippen molar-refractivity contribution in [1.29, 1.82) is 0 Å². The van der Waals surface area contributed by atoms with E-state index in [1.807, 2.05) is 79.9 Å². The second-order valence-electron chi connectivity index (χ2n) is 13.2. The third-order valence-electron chi connectivity index (χ3n) is 8.56.